The van der Waals surface area contributed by atoms with Crippen molar-refractivity contribution in [3.8, 4) is 0 Å². The Balaban J connectivity index is 0.00000225. The number of carbonyl (C=O) groups is 2. The minimum absolute atomic E-state index is 0. The lowest BCUT2D eigenvalue weighted by Gasteiger charge is -2.28. The average Bonchev–Trinajstić information content (AvgIpc) is 2.97. The molecule has 0 radical (unpaired) electrons. The number of nitrogens with one attached hydrogen (secondary N) is 1. The van der Waals surface area contributed by atoms with E-state index in [4.69, 9.17) is 4.74 Å². The van der Waals surface area contributed by atoms with E-state index in [1.54, 1.807) is 25.2 Å². The molecule has 2 aliphatic rings. The van der Waals surface area contributed by atoms with Crippen molar-refractivity contribution in [2.45, 2.75) is 24.9 Å². The fourth-order valence-electron chi connectivity index (χ4n) is 3.21. The molecule has 0 bridgehead atoms. The summed E-state index contributed by atoms with van der Waals surface area (Å²) in [6, 6.07) is 5.64. The van der Waals surface area contributed by atoms with Gasteiger partial charge >= 0.3 is 0 Å². The van der Waals surface area contributed by atoms with Gasteiger partial charge < -0.3 is 19.9 Å². The fourth-order valence-corrected chi connectivity index (χ4v) is 3.21. The maximum Gasteiger partial charge on any atom is 0.249 e. The summed E-state index contributed by atoms with van der Waals surface area (Å²) in [5.74, 6) is -0.764. The van der Waals surface area contributed by atoms with Crippen molar-refractivity contribution in [2.24, 2.45) is 0 Å². The normalized spacial score (nSPS) is 23.3. The molecule has 2 heterocycles. The van der Waals surface area contributed by atoms with Crippen LogP contribution in [-0.4, -0.2) is 62.1 Å². The van der Waals surface area contributed by atoms with Crippen molar-refractivity contribution in [3.05, 3.63) is 30.1 Å². The molecule has 0 aromatic heterocycles. The highest BCUT2D eigenvalue weighted by Gasteiger charge is 2.38. The summed E-state index contributed by atoms with van der Waals surface area (Å²) in [7, 11) is 1.64. The number of amides is 2. The van der Waals surface area contributed by atoms with Gasteiger partial charge in [-0.25, -0.2) is 4.39 Å². The van der Waals surface area contributed by atoms with Gasteiger partial charge in [-0.1, -0.05) is 12.1 Å². The molecule has 2 unspecified atom stereocenters. The number of likely N-dealkylation sites (N-methyl/N-ethyl adjacent to an activating group) is 1. The number of benzene rings is 1. The van der Waals surface area contributed by atoms with Crippen LogP contribution in [-0.2, 0) is 14.3 Å². The number of hydrogen-bond acceptors (Lipinski definition) is 4. The predicted octanol–water partition coefficient (Wildman–Crippen LogP) is 1.19. The molecule has 8 heteroatoms. The zero-order chi connectivity index (χ0) is 17.1. The predicted molar refractivity (Wildman–Crippen MR) is 94.4 cm³/mol. The van der Waals surface area contributed by atoms with Crippen LogP contribution in [0.1, 0.15) is 12.8 Å². The second kappa shape index (κ2) is 8.60. The second-order valence-electron chi connectivity index (χ2n) is 6.18. The van der Waals surface area contributed by atoms with Crippen molar-refractivity contribution < 1.29 is 18.7 Å². The first kappa shape index (κ1) is 19.6. The standard InChI is InChI=1S/C17H22FN3O3.ClH/c1-20(16(22)10-12-11-24-9-7-19-12)15-6-8-21(17(15)23)14-5-3-2-4-13(14)18;/h2-5,12,15,19H,6-11H2,1H3;1H. The van der Waals surface area contributed by atoms with Gasteiger partial charge in [-0.2, -0.15) is 0 Å². The zero-order valence-electron chi connectivity index (χ0n) is 14.1. The molecule has 138 valence electrons. The van der Waals surface area contributed by atoms with E-state index in [1.807, 2.05) is 0 Å². The number of morpholine rings is 1. The smallest absolute Gasteiger partial charge is 0.249 e. The van der Waals surface area contributed by atoms with Crippen LogP contribution in [0.15, 0.2) is 24.3 Å². The Hall–Kier alpha value is -1.70. The number of anilines is 1. The van der Waals surface area contributed by atoms with Gasteiger partial charge in [-0.3, -0.25) is 9.59 Å². The summed E-state index contributed by atoms with van der Waals surface area (Å²) in [6.07, 6.45) is 0.796. The lowest BCUT2D eigenvalue weighted by atomic mass is 10.1. The third-order valence-electron chi connectivity index (χ3n) is 4.60. The second-order valence-corrected chi connectivity index (χ2v) is 6.18. The van der Waals surface area contributed by atoms with Crippen LogP contribution in [0.2, 0.25) is 0 Å². The SMILES string of the molecule is CN(C(=O)CC1COCCN1)C1CCN(c2ccccc2F)C1=O.Cl. The van der Waals surface area contributed by atoms with Crippen molar-refractivity contribution in [1.82, 2.24) is 10.2 Å². The van der Waals surface area contributed by atoms with Crippen molar-refractivity contribution in [2.75, 3.05) is 38.3 Å². The molecule has 3 rings (SSSR count). The van der Waals surface area contributed by atoms with E-state index in [0.29, 0.717) is 32.6 Å². The van der Waals surface area contributed by atoms with Gasteiger partial charge in [0.1, 0.15) is 11.9 Å². The molecular weight excluding hydrogens is 349 g/mol. The van der Waals surface area contributed by atoms with Crippen LogP contribution in [0.3, 0.4) is 0 Å². The van der Waals surface area contributed by atoms with Gasteiger partial charge in [-0.15, -0.1) is 12.4 Å². The molecule has 0 saturated carbocycles. The molecule has 1 aromatic carbocycles. The minimum Gasteiger partial charge on any atom is -0.378 e. The Morgan fingerprint density at radius 3 is 2.88 bits per heavy atom. The fraction of sp³-hybridized carbons (Fsp3) is 0.529. The van der Waals surface area contributed by atoms with Gasteiger partial charge in [0.05, 0.1) is 18.9 Å². The van der Waals surface area contributed by atoms with Crippen LogP contribution in [0.4, 0.5) is 10.1 Å². The number of carbonyl (C=O) groups excluding carboxylic acids is 2. The highest BCUT2D eigenvalue weighted by atomic mass is 35.5. The maximum absolute atomic E-state index is 13.9. The molecule has 6 nitrogen and oxygen atoms in total. The molecular formula is C17H23ClFN3O3. The summed E-state index contributed by atoms with van der Waals surface area (Å²) >= 11 is 0. The zero-order valence-corrected chi connectivity index (χ0v) is 14.9. The molecule has 2 aliphatic heterocycles. The highest BCUT2D eigenvalue weighted by molar-refractivity contribution is 6.01. The maximum atomic E-state index is 13.9. The molecule has 2 fully saturated rings. The number of rotatable bonds is 4. The summed E-state index contributed by atoms with van der Waals surface area (Å²) < 4.78 is 19.3. The van der Waals surface area contributed by atoms with Crippen molar-refractivity contribution >= 4 is 29.9 Å². The van der Waals surface area contributed by atoms with Gasteiger partial charge in [0.15, 0.2) is 0 Å². The van der Waals surface area contributed by atoms with E-state index in [2.05, 4.69) is 5.32 Å². The molecule has 0 aliphatic carbocycles. The molecule has 2 amide bonds. The van der Waals surface area contributed by atoms with Gasteiger partial charge in [0, 0.05) is 32.6 Å². The first-order chi connectivity index (χ1) is 11.6. The van der Waals surface area contributed by atoms with E-state index in [-0.39, 0.29) is 36.0 Å². The monoisotopic (exact) mass is 371 g/mol. The third-order valence-corrected chi connectivity index (χ3v) is 4.60. The number of halogens is 2. The van der Waals surface area contributed by atoms with Gasteiger partial charge in [-0.05, 0) is 18.6 Å². The van der Waals surface area contributed by atoms with Gasteiger partial charge in [0.2, 0.25) is 11.8 Å². The van der Waals surface area contributed by atoms with Crippen LogP contribution in [0, 0.1) is 5.82 Å². The van der Waals surface area contributed by atoms with Crippen LogP contribution in [0.25, 0.3) is 0 Å². The quantitative estimate of drug-likeness (QED) is 0.863. The van der Waals surface area contributed by atoms with E-state index in [0.717, 1.165) is 6.54 Å². The van der Waals surface area contributed by atoms with E-state index in [1.165, 1.54) is 15.9 Å². The van der Waals surface area contributed by atoms with Crippen molar-refractivity contribution in [3.63, 3.8) is 0 Å². The first-order valence-corrected chi connectivity index (χ1v) is 8.20. The average molecular weight is 372 g/mol. The largest absolute Gasteiger partial charge is 0.378 e. The topological polar surface area (TPSA) is 61.9 Å². The number of para-hydroxylation sites is 1. The summed E-state index contributed by atoms with van der Waals surface area (Å²) in [5.41, 5.74) is 0.271. The van der Waals surface area contributed by atoms with Crippen LogP contribution >= 0.6 is 12.4 Å². The Morgan fingerprint density at radius 1 is 1.44 bits per heavy atom. The number of nitrogens with zero attached hydrogens (tertiary/aromatic N) is 2. The molecule has 2 saturated heterocycles. The molecule has 1 aromatic rings. The van der Waals surface area contributed by atoms with Crippen LogP contribution < -0.4 is 10.2 Å². The summed E-state index contributed by atoms with van der Waals surface area (Å²) in [4.78, 5) is 28.0. The Bertz CT molecular complexity index is 625. The molecule has 0 spiro atoms. The Kier molecular flexibility index (Phi) is 6.75. The molecule has 1 N–H and O–H groups in total. The lowest BCUT2D eigenvalue weighted by Crippen LogP contribution is -2.48. The van der Waals surface area contributed by atoms with E-state index < -0.39 is 11.9 Å². The Labute approximate surface area is 152 Å². The molecule has 2 atom stereocenters. The number of ether oxygens (including phenoxy) is 1. The third kappa shape index (κ3) is 4.29. The van der Waals surface area contributed by atoms with Crippen LogP contribution in [0.5, 0.6) is 0 Å². The number of hydrogen-bond donors (Lipinski definition) is 1. The van der Waals surface area contributed by atoms with Gasteiger partial charge in [0.25, 0.3) is 0 Å². The molecule has 25 heavy (non-hydrogen) atoms. The lowest BCUT2D eigenvalue weighted by molar-refractivity contribution is -0.137. The van der Waals surface area contributed by atoms with Crippen molar-refractivity contribution in [1.29, 1.82) is 0 Å². The van der Waals surface area contributed by atoms with E-state index >= 15 is 0 Å². The summed E-state index contributed by atoms with van der Waals surface area (Å²) in [5, 5.41) is 3.23. The highest BCUT2D eigenvalue weighted by Crippen LogP contribution is 2.26. The first-order valence-electron chi connectivity index (χ1n) is 8.20. The Morgan fingerprint density at radius 2 is 2.20 bits per heavy atom. The summed E-state index contributed by atoms with van der Waals surface area (Å²) in [6.45, 7) is 2.29. The minimum atomic E-state index is -0.540. The van der Waals surface area contributed by atoms with E-state index in [9.17, 15) is 14.0 Å².